The Morgan fingerprint density at radius 3 is 2.03 bits per heavy atom. The second-order valence-corrected chi connectivity index (χ2v) is 10.4. The maximum Gasteiger partial charge on any atom is 0.251 e. The summed E-state index contributed by atoms with van der Waals surface area (Å²) in [6.45, 7) is 4.55. The SMILES string of the molecule is CC(C)(CC(C(=O)c1ccccc1)c1ccccc1)Oc1ccc(CCNC(=O)c2ccc(Cl)cc2)cc1. The molecule has 0 bridgehead atoms. The van der Waals surface area contributed by atoms with Gasteiger partial charge in [0.2, 0.25) is 0 Å². The van der Waals surface area contributed by atoms with Crippen molar-refractivity contribution in [2.24, 2.45) is 0 Å². The monoisotopic (exact) mass is 525 g/mol. The Balaban J connectivity index is 1.36. The zero-order valence-corrected chi connectivity index (χ0v) is 22.4. The van der Waals surface area contributed by atoms with Crippen molar-refractivity contribution in [2.75, 3.05) is 6.54 Å². The summed E-state index contributed by atoms with van der Waals surface area (Å²) in [5.74, 6) is 0.380. The van der Waals surface area contributed by atoms with Crippen molar-refractivity contribution >= 4 is 23.3 Å². The predicted octanol–water partition coefficient (Wildman–Crippen LogP) is 7.53. The van der Waals surface area contributed by atoms with E-state index in [9.17, 15) is 9.59 Å². The fourth-order valence-electron chi connectivity index (χ4n) is 4.45. The minimum Gasteiger partial charge on any atom is -0.488 e. The summed E-state index contributed by atoms with van der Waals surface area (Å²) in [7, 11) is 0. The summed E-state index contributed by atoms with van der Waals surface area (Å²) >= 11 is 5.89. The predicted molar refractivity (Wildman–Crippen MR) is 153 cm³/mol. The van der Waals surface area contributed by atoms with Crippen LogP contribution >= 0.6 is 11.6 Å². The molecule has 1 amide bonds. The number of halogens is 1. The maximum atomic E-state index is 13.5. The standard InChI is InChI=1S/C33H32ClNO3/c1-33(2,23-30(25-9-5-3-6-10-25)31(36)26-11-7-4-8-12-26)38-29-19-13-24(14-20-29)21-22-35-32(37)27-15-17-28(34)18-16-27/h3-20,30H,21-23H2,1-2H3,(H,35,37). The zero-order chi connectivity index (χ0) is 27.0. The van der Waals surface area contributed by atoms with Crippen molar-refractivity contribution in [2.45, 2.75) is 38.2 Å². The van der Waals surface area contributed by atoms with E-state index in [-0.39, 0.29) is 17.6 Å². The second-order valence-electron chi connectivity index (χ2n) is 9.92. The van der Waals surface area contributed by atoms with Crippen molar-refractivity contribution in [1.29, 1.82) is 0 Å². The van der Waals surface area contributed by atoms with Crippen LogP contribution in [0.2, 0.25) is 5.02 Å². The fourth-order valence-corrected chi connectivity index (χ4v) is 4.58. The number of Topliss-reactive ketones (excluding diaryl/α,β-unsaturated/α-hetero) is 1. The van der Waals surface area contributed by atoms with E-state index in [0.29, 0.717) is 35.5 Å². The number of carbonyl (C=O) groups is 2. The summed E-state index contributed by atoms with van der Waals surface area (Å²) in [5, 5.41) is 3.54. The van der Waals surface area contributed by atoms with Crippen LogP contribution in [0.3, 0.4) is 0 Å². The minimum absolute atomic E-state index is 0.0875. The number of hydrogen-bond acceptors (Lipinski definition) is 3. The van der Waals surface area contributed by atoms with Crippen LogP contribution in [-0.4, -0.2) is 23.8 Å². The third kappa shape index (κ3) is 7.56. The number of hydrogen-bond donors (Lipinski definition) is 1. The molecule has 0 spiro atoms. The molecule has 4 rings (SSSR count). The summed E-state index contributed by atoms with van der Waals surface area (Å²) in [6, 6.07) is 34.0. The van der Waals surface area contributed by atoms with E-state index in [1.165, 1.54) is 0 Å². The molecule has 194 valence electrons. The highest BCUT2D eigenvalue weighted by atomic mass is 35.5. The number of carbonyl (C=O) groups excluding carboxylic acids is 2. The number of amides is 1. The van der Waals surface area contributed by atoms with Gasteiger partial charge in [0.1, 0.15) is 11.4 Å². The lowest BCUT2D eigenvalue weighted by atomic mass is 9.82. The highest BCUT2D eigenvalue weighted by molar-refractivity contribution is 6.30. The third-order valence-corrected chi connectivity index (χ3v) is 6.65. The van der Waals surface area contributed by atoms with Crippen molar-refractivity contribution < 1.29 is 14.3 Å². The van der Waals surface area contributed by atoms with Gasteiger partial charge < -0.3 is 10.1 Å². The molecule has 1 N–H and O–H groups in total. The van der Waals surface area contributed by atoms with Gasteiger partial charge in [-0.1, -0.05) is 84.4 Å². The molecule has 0 fully saturated rings. The minimum atomic E-state index is -0.584. The van der Waals surface area contributed by atoms with Gasteiger partial charge in [0, 0.05) is 29.1 Å². The largest absolute Gasteiger partial charge is 0.488 e. The first-order valence-corrected chi connectivity index (χ1v) is 13.1. The molecule has 0 radical (unpaired) electrons. The van der Waals surface area contributed by atoms with Crippen LogP contribution in [0.1, 0.15) is 58.0 Å². The molecule has 0 aliphatic rings. The lowest BCUT2D eigenvalue weighted by molar-refractivity contribution is 0.0749. The average Bonchev–Trinajstić information content (AvgIpc) is 2.93. The fraction of sp³-hybridized carbons (Fsp3) is 0.212. The molecule has 5 heteroatoms. The normalized spacial score (nSPS) is 12.0. The first kappa shape index (κ1) is 27.2. The first-order chi connectivity index (χ1) is 18.3. The first-order valence-electron chi connectivity index (χ1n) is 12.8. The van der Waals surface area contributed by atoms with Crippen LogP contribution in [-0.2, 0) is 6.42 Å². The van der Waals surface area contributed by atoms with Crippen molar-refractivity contribution in [1.82, 2.24) is 5.32 Å². The Kier molecular flexibility index (Phi) is 8.98. The lowest BCUT2D eigenvalue weighted by Gasteiger charge is -2.30. The van der Waals surface area contributed by atoms with Crippen LogP contribution < -0.4 is 10.1 Å². The molecule has 0 aromatic heterocycles. The molecule has 0 aliphatic carbocycles. The van der Waals surface area contributed by atoms with E-state index < -0.39 is 5.60 Å². The van der Waals surface area contributed by atoms with Gasteiger partial charge in [-0.2, -0.15) is 0 Å². The summed E-state index contributed by atoms with van der Waals surface area (Å²) < 4.78 is 6.37. The Morgan fingerprint density at radius 2 is 1.39 bits per heavy atom. The van der Waals surface area contributed by atoms with Gasteiger partial charge >= 0.3 is 0 Å². The van der Waals surface area contributed by atoms with Gasteiger partial charge in [0.05, 0.1) is 5.92 Å². The summed E-state index contributed by atoms with van der Waals surface area (Å²) in [4.78, 5) is 25.8. The molecular weight excluding hydrogens is 494 g/mol. The Hall–Kier alpha value is -3.89. The molecule has 1 unspecified atom stereocenters. The second kappa shape index (κ2) is 12.6. The lowest BCUT2D eigenvalue weighted by Crippen LogP contribution is -2.33. The topological polar surface area (TPSA) is 55.4 Å². The summed E-state index contributed by atoms with van der Waals surface area (Å²) in [5.41, 5.74) is 2.77. The number of nitrogens with one attached hydrogen (secondary N) is 1. The van der Waals surface area contributed by atoms with Gasteiger partial charge in [0.25, 0.3) is 5.91 Å². The average molecular weight is 526 g/mol. The Labute approximate surface area is 229 Å². The maximum absolute atomic E-state index is 13.5. The molecule has 0 saturated heterocycles. The number of benzene rings is 4. The van der Waals surface area contributed by atoms with Gasteiger partial charge in [-0.15, -0.1) is 0 Å². The molecular formula is C33H32ClNO3. The molecule has 38 heavy (non-hydrogen) atoms. The Morgan fingerprint density at radius 1 is 0.789 bits per heavy atom. The van der Waals surface area contributed by atoms with Crippen LogP contribution in [0.4, 0.5) is 0 Å². The van der Waals surface area contributed by atoms with Gasteiger partial charge in [0.15, 0.2) is 5.78 Å². The molecule has 4 nitrogen and oxygen atoms in total. The van der Waals surface area contributed by atoms with Gasteiger partial charge in [-0.3, -0.25) is 9.59 Å². The summed E-state index contributed by atoms with van der Waals surface area (Å²) in [6.07, 6.45) is 1.23. The van der Waals surface area contributed by atoms with Gasteiger partial charge in [-0.05, 0) is 67.8 Å². The molecule has 4 aromatic carbocycles. The highest BCUT2D eigenvalue weighted by Crippen LogP contribution is 2.32. The number of ketones is 1. The molecule has 0 saturated carbocycles. The smallest absolute Gasteiger partial charge is 0.251 e. The third-order valence-electron chi connectivity index (χ3n) is 6.40. The highest BCUT2D eigenvalue weighted by Gasteiger charge is 2.31. The van der Waals surface area contributed by atoms with E-state index in [1.54, 1.807) is 24.3 Å². The van der Waals surface area contributed by atoms with Crippen molar-refractivity contribution in [3.8, 4) is 5.75 Å². The van der Waals surface area contributed by atoms with Crippen molar-refractivity contribution in [3.05, 3.63) is 136 Å². The van der Waals surface area contributed by atoms with Crippen LogP contribution in [0.25, 0.3) is 0 Å². The molecule has 1 atom stereocenters. The van der Waals surface area contributed by atoms with Crippen LogP contribution in [0, 0.1) is 0 Å². The van der Waals surface area contributed by atoms with E-state index >= 15 is 0 Å². The van der Waals surface area contributed by atoms with E-state index in [0.717, 1.165) is 16.9 Å². The van der Waals surface area contributed by atoms with Gasteiger partial charge in [-0.25, -0.2) is 0 Å². The zero-order valence-electron chi connectivity index (χ0n) is 21.7. The molecule has 0 aliphatic heterocycles. The number of ether oxygens (including phenoxy) is 1. The molecule has 0 heterocycles. The van der Waals surface area contributed by atoms with Crippen LogP contribution in [0.15, 0.2) is 109 Å². The van der Waals surface area contributed by atoms with E-state index in [2.05, 4.69) is 5.32 Å². The number of rotatable bonds is 11. The van der Waals surface area contributed by atoms with E-state index in [1.807, 2.05) is 98.8 Å². The Bertz CT molecular complexity index is 1330. The van der Waals surface area contributed by atoms with Crippen molar-refractivity contribution in [3.63, 3.8) is 0 Å². The van der Waals surface area contributed by atoms with E-state index in [4.69, 9.17) is 16.3 Å². The molecule has 4 aromatic rings. The quantitative estimate of drug-likeness (QED) is 0.206. The van der Waals surface area contributed by atoms with Crippen LogP contribution in [0.5, 0.6) is 5.75 Å².